The molecule has 0 radical (unpaired) electrons. The van der Waals surface area contributed by atoms with Crippen LogP contribution in [0.4, 0.5) is 0 Å². The minimum absolute atomic E-state index is 0.0571. The van der Waals surface area contributed by atoms with E-state index in [0.717, 1.165) is 16.1 Å². The molecule has 0 aromatic heterocycles. The van der Waals surface area contributed by atoms with Gasteiger partial charge in [0.25, 0.3) is 0 Å². The van der Waals surface area contributed by atoms with Gasteiger partial charge in [0.05, 0.1) is 6.04 Å². The maximum atomic E-state index is 5.95. The number of benzene rings is 3. The molecule has 0 aliphatic heterocycles. The Bertz CT molecular complexity index is 717. The van der Waals surface area contributed by atoms with Crippen LogP contribution in [0.25, 0.3) is 10.8 Å². The predicted octanol–water partition coefficient (Wildman–Crippen LogP) is 4.05. The molecule has 1 unspecified atom stereocenters. The first kappa shape index (κ1) is 13.1. The lowest BCUT2D eigenvalue weighted by Gasteiger charge is -2.19. The molecule has 3 aromatic carbocycles. The highest BCUT2D eigenvalue weighted by Gasteiger charge is 2.14. The fourth-order valence-electron chi connectivity index (χ4n) is 2.52. The highest BCUT2D eigenvalue weighted by Crippen LogP contribution is 2.29. The fourth-order valence-corrected chi connectivity index (χ4v) is 2.65. The molecule has 20 heavy (non-hydrogen) atoms. The fraction of sp³-hybridized carbons (Fsp3) is 0.0588. The predicted molar refractivity (Wildman–Crippen MR) is 84.6 cm³/mol. The minimum atomic E-state index is -0.0571. The number of fused-ring (bicyclic) bond motifs is 1. The smallest absolute Gasteiger partial charge is 0.0716 e. The maximum Gasteiger partial charge on any atom is 0.0716 e. The van der Waals surface area contributed by atoms with E-state index in [1.165, 1.54) is 10.8 Å². The largest absolute Gasteiger partial charge is 0.271 e. The van der Waals surface area contributed by atoms with Crippen LogP contribution >= 0.6 is 11.6 Å². The summed E-state index contributed by atoms with van der Waals surface area (Å²) < 4.78 is 0. The van der Waals surface area contributed by atoms with Gasteiger partial charge in [-0.3, -0.25) is 5.84 Å². The summed E-state index contributed by atoms with van der Waals surface area (Å²) in [6.45, 7) is 0. The van der Waals surface area contributed by atoms with Crippen LogP contribution in [0.1, 0.15) is 17.2 Å². The average molecular weight is 283 g/mol. The summed E-state index contributed by atoms with van der Waals surface area (Å²) >= 11 is 5.95. The molecular weight excluding hydrogens is 268 g/mol. The monoisotopic (exact) mass is 282 g/mol. The molecule has 0 amide bonds. The third-order valence-corrected chi connectivity index (χ3v) is 3.76. The Morgan fingerprint density at radius 2 is 1.55 bits per heavy atom. The Morgan fingerprint density at radius 1 is 0.850 bits per heavy atom. The second-order valence-corrected chi connectivity index (χ2v) is 5.16. The van der Waals surface area contributed by atoms with E-state index in [1.807, 2.05) is 36.4 Å². The van der Waals surface area contributed by atoms with Crippen LogP contribution in [-0.2, 0) is 0 Å². The van der Waals surface area contributed by atoms with Gasteiger partial charge in [-0.1, -0.05) is 66.2 Å². The molecule has 0 fully saturated rings. The third kappa shape index (κ3) is 2.41. The topological polar surface area (TPSA) is 38.0 Å². The van der Waals surface area contributed by atoms with E-state index >= 15 is 0 Å². The van der Waals surface area contributed by atoms with Gasteiger partial charge in [-0.2, -0.15) is 0 Å². The molecule has 2 nitrogen and oxygen atoms in total. The lowest BCUT2D eigenvalue weighted by atomic mass is 9.94. The van der Waals surface area contributed by atoms with Gasteiger partial charge in [0.2, 0.25) is 0 Å². The zero-order valence-electron chi connectivity index (χ0n) is 10.9. The Hall–Kier alpha value is -1.87. The summed E-state index contributed by atoms with van der Waals surface area (Å²) in [5.74, 6) is 5.78. The zero-order chi connectivity index (χ0) is 13.9. The van der Waals surface area contributed by atoms with E-state index < -0.39 is 0 Å². The van der Waals surface area contributed by atoms with Gasteiger partial charge in [0, 0.05) is 5.02 Å². The molecule has 3 rings (SSSR count). The van der Waals surface area contributed by atoms with E-state index in [9.17, 15) is 0 Å². The number of hydrogen-bond donors (Lipinski definition) is 2. The molecule has 0 aliphatic rings. The van der Waals surface area contributed by atoms with Crippen molar-refractivity contribution in [1.29, 1.82) is 0 Å². The third-order valence-electron chi connectivity index (χ3n) is 3.50. The number of rotatable bonds is 3. The van der Waals surface area contributed by atoms with E-state index in [2.05, 4.69) is 35.8 Å². The molecule has 0 saturated carbocycles. The van der Waals surface area contributed by atoms with Crippen molar-refractivity contribution in [3.05, 3.63) is 82.9 Å². The van der Waals surface area contributed by atoms with Crippen LogP contribution < -0.4 is 11.3 Å². The highest BCUT2D eigenvalue weighted by atomic mass is 35.5. The summed E-state index contributed by atoms with van der Waals surface area (Å²) in [6.07, 6.45) is 0. The molecule has 0 bridgehead atoms. The summed E-state index contributed by atoms with van der Waals surface area (Å²) in [5, 5.41) is 3.13. The van der Waals surface area contributed by atoms with Crippen molar-refractivity contribution in [2.45, 2.75) is 6.04 Å². The van der Waals surface area contributed by atoms with E-state index in [1.54, 1.807) is 0 Å². The Balaban J connectivity index is 2.14. The second-order valence-electron chi connectivity index (χ2n) is 4.72. The van der Waals surface area contributed by atoms with E-state index in [0.29, 0.717) is 0 Å². The Kier molecular flexibility index (Phi) is 3.70. The van der Waals surface area contributed by atoms with Crippen LogP contribution in [-0.4, -0.2) is 0 Å². The highest BCUT2D eigenvalue weighted by molar-refractivity contribution is 6.30. The van der Waals surface area contributed by atoms with Crippen molar-refractivity contribution in [2.75, 3.05) is 0 Å². The van der Waals surface area contributed by atoms with Gasteiger partial charge in [-0.25, -0.2) is 5.43 Å². The van der Waals surface area contributed by atoms with Crippen LogP contribution in [0.5, 0.6) is 0 Å². The molecule has 0 heterocycles. The van der Waals surface area contributed by atoms with Gasteiger partial charge in [0.1, 0.15) is 0 Å². The minimum Gasteiger partial charge on any atom is -0.271 e. The molecule has 3 heteroatoms. The van der Waals surface area contributed by atoms with Crippen molar-refractivity contribution in [2.24, 2.45) is 5.84 Å². The van der Waals surface area contributed by atoms with Crippen LogP contribution in [0.3, 0.4) is 0 Å². The summed E-state index contributed by atoms with van der Waals surface area (Å²) in [4.78, 5) is 0. The van der Waals surface area contributed by atoms with Crippen LogP contribution in [0.2, 0.25) is 5.02 Å². The van der Waals surface area contributed by atoms with Crippen molar-refractivity contribution in [3.8, 4) is 0 Å². The van der Waals surface area contributed by atoms with Crippen molar-refractivity contribution in [3.63, 3.8) is 0 Å². The lowest BCUT2D eigenvalue weighted by molar-refractivity contribution is 0.641. The van der Waals surface area contributed by atoms with Crippen molar-refractivity contribution >= 4 is 22.4 Å². The molecule has 0 spiro atoms. The lowest BCUT2D eigenvalue weighted by Crippen LogP contribution is -2.28. The summed E-state index contributed by atoms with van der Waals surface area (Å²) in [6, 6.07) is 22.3. The number of hydrogen-bond acceptors (Lipinski definition) is 2. The number of hydrazine groups is 1. The summed E-state index contributed by atoms with van der Waals surface area (Å²) in [5.41, 5.74) is 5.15. The van der Waals surface area contributed by atoms with E-state index in [4.69, 9.17) is 17.4 Å². The Morgan fingerprint density at radius 3 is 2.30 bits per heavy atom. The number of halogens is 1. The molecule has 0 saturated heterocycles. The standard InChI is InChI=1S/C17H15ClN2/c18-14-10-8-13(9-11-14)17(20-19)16-7-3-5-12-4-1-2-6-15(12)16/h1-11,17,20H,19H2. The van der Waals surface area contributed by atoms with E-state index in [-0.39, 0.29) is 6.04 Å². The van der Waals surface area contributed by atoms with Gasteiger partial charge in [-0.05, 0) is 34.0 Å². The van der Waals surface area contributed by atoms with Crippen LogP contribution in [0.15, 0.2) is 66.7 Å². The molecule has 3 aromatic rings. The SMILES string of the molecule is NNC(c1ccc(Cl)cc1)c1cccc2ccccc12. The zero-order valence-corrected chi connectivity index (χ0v) is 11.6. The molecule has 3 N–H and O–H groups in total. The van der Waals surface area contributed by atoms with Gasteiger partial charge >= 0.3 is 0 Å². The van der Waals surface area contributed by atoms with Crippen molar-refractivity contribution < 1.29 is 0 Å². The van der Waals surface area contributed by atoms with Crippen LogP contribution in [0, 0.1) is 0 Å². The Labute approximate surface area is 123 Å². The first-order chi connectivity index (χ1) is 9.79. The number of nitrogens with one attached hydrogen (secondary N) is 1. The van der Waals surface area contributed by atoms with Gasteiger partial charge in [-0.15, -0.1) is 0 Å². The van der Waals surface area contributed by atoms with Gasteiger partial charge in [0.15, 0.2) is 0 Å². The maximum absolute atomic E-state index is 5.95. The first-order valence-corrected chi connectivity index (χ1v) is 6.86. The summed E-state index contributed by atoms with van der Waals surface area (Å²) in [7, 11) is 0. The first-order valence-electron chi connectivity index (χ1n) is 6.49. The quantitative estimate of drug-likeness (QED) is 0.562. The van der Waals surface area contributed by atoms with Crippen molar-refractivity contribution in [1.82, 2.24) is 5.43 Å². The molecule has 100 valence electrons. The molecule has 1 atom stereocenters. The average Bonchev–Trinajstić information content (AvgIpc) is 2.50. The second kappa shape index (κ2) is 5.63. The molecule has 0 aliphatic carbocycles. The normalized spacial score (nSPS) is 12.5. The van der Waals surface area contributed by atoms with Gasteiger partial charge < -0.3 is 0 Å². The number of nitrogens with two attached hydrogens (primary N) is 1. The molecular formula is C17H15ClN2.